The van der Waals surface area contributed by atoms with Crippen molar-refractivity contribution in [3.8, 4) is 0 Å². The molecule has 2 saturated heterocycles. The van der Waals surface area contributed by atoms with Gasteiger partial charge in [0.15, 0.2) is 5.69 Å². The Hall–Kier alpha value is -2.92. The van der Waals surface area contributed by atoms with Gasteiger partial charge in [0.1, 0.15) is 0 Å². The van der Waals surface area contributed by atoms with Crippen molar-refractivity contribution in [2.24, 2.45) is 0 Å². The molecule has 0 saturated carbocycles. The quantitative estimate of drug-likeness (QED) is 0.446. The maximum absolute atomic E-state index is 14.0. The van der Waals surface area contributed by atoms with Gasteiger partial charge < -0.3 is 4.90 Å². The van der Waals surface area contributed by atoms with Crippen LogP contribution in [-0.4, -0.2) is 59.3 Å². The number of likely N-dealkylation sites (tertiary alicyclic amines) is 1. The number of carbonyl (C=O) groups is 1. The lowest BCUT2D eigenvalue weighted by atomic mass is 9.90. The van der Waals surface area contributed by atoms with Gasteiger partial charge in [-0.3, -0.25) is 4.79 Å². The zero-order chi connectivity index (χ0) is 26.9. The number of rotatable bonds is 5. The van der Waals surface area contributed by atoms with Crippen LogP contribution in [-0.2, 0) is 22.0 Å². The molecule has 0 atom stereocenters. The minimum absolute atomic E-state index is 0.0337. The number of nitrogens with zero attached hydrogens (tertiary/aromatic N) is 4. The van der Waals surface area contributed by atoms with Crippen molar-refractivity contribution in [2.75, 3.05) is 26.2 Å². The molecule has 204 valence electrons. The Morgan fingerprint density at radius 1 is 0.947 bits per heavy atom. The van der Waals surface area contributed by atoms with Crippen LogP contribution in [0.5, 0.6) is 0 Å². The smallest absolute Gasteiger partial charge is 0.339 e. The number of alkyl halides is 3. The van der Waals surface area contributed by atoms with Gasteiger partial charge in [-0.15, -0.1) is 0 Å². The number of halogens is 3. The predicted octanol–water partition coefficient (Wildman–Crippen LogP) is 5.08. The number of fused-ring (bicyclic) bond motifs is 1. The zero-order valence-corrected chi connectivity index (χ0v) is 21.8. The lowest BCUT2D eigenvalue weighted by molar-refractivity contribution is -0.141. The predicted molar refractivity (Wildman–Crippen MR) is 137 cm³/mol. The molecule has 0 N–H and O–H groups in total. The highest BCUT2D eigenvalue weighted by molar-refractivity contribution is 7.88. The molecule has 2 aliphatic rings. The molecule has 0 aliphatic carbocycles. The summed E-state index contributed by atoms with van der Waals surface area (Å²) in [5.41, 5.74) is 0.0945. The maximum atomic E-state index is 14.0. The molecule has 2 aromatic heterocycles. The van der Waals surface area contributed by atoms with E-state index in [2.05, 4.69) is 5.10 Å². The molecule has 0 spiro atoms. The standard InChI is InChI=1S/C27H31F3N4O3S/c28-27(29,30)25-24(26(35)32-13-6-1-2-7-14-32)23-18-22(12-17-34(23)31-25)21-10-15-33(16-11-21)38(36,37)19-20-8-4-3-5-9-20/h3-5,8-9,12,17-18,21H,1-2,6-7,10-11,13-16,19H2. The van der Waals surface area contributed by atoms with E-state index in [4.69, 9.17) is 0 Å². The Morgan fingerprint density at radius 3 is 2.24 bits per heavy atom. The lowest BCUT2D eigenvalue weighted by Gasteiger charge is -2.31. The fraction of sp³-hybridized carbons (Fsp3) is 0.481. The normalized spacial score (nSPS) is 18.6. The second-order valence-electron chi connectivity index (χ2n) is 10.1. The van der Waals surface area contributed by atoms with E-state index in [1.807, 2.05) is 6.07 Å². The highest BCUT2D eigenvalue weighted by Gasteiger charge is 2.41. The third-order valence-electron chi connectivity index (χ3n) is 7.55. The van der Waals surface area contributed by atoms with Gasteiger partial charge >= 0.3 is 6.18 Å². The number of amides is 1. The fourth-order valence-corrected chi connectivity index (χ4v) is 7.06. The number of pyridine rings is 1. The summed E-state index contributed by atoms with van der Waals surface area (Å²) in [5.74, 6) is -0.732. The Bertz CT molecular complexity index is 1390. The van der Waals surface area contributed by atoms with Gasteiger partial charge in [0.2, 0.25) is 10.0 Å². The average Bonchev–Trinajstić information content (AvgIpc) is 3.08. The zero-order valence-electron chi connectivity index (χ0n) is 21.0. The Labute approximate surface area is 220 Å². The SMILES string of the molecule is O=C(c1c(C(F)(F)F)nn2ccc(C3CCN(S(=O)(=O)Cc4ccccc4)CC3)cc12)N1CCCCCC1. The molecule has 5 rings (SSSR count). The summed E-state index contributed by atoms with van der Waals surface area (Å²) in [4.78, 5) is 14.9. The molecular weight excluding hydrogens is 517 g/mol. The van der Waals surface area contributed by atoms with Gasteiger partial charge in [0.05, 0.1) is 16.8 Å². The minimum Gasteiger partial charge on any atom is -0.339 e. The van der Waals surface area contributed by atoms with Gasteiger partial charge in [-0.25, -0.2) is 17.2 Å². The van der Waals surface area contributed by atoms with E-state index < -0.39 is 33.4 Å². The van der Waals surface area contributed by atoms with Crippen molar-refractivity contribution < 1.29 is 26.4 Å². The van der Waals surface area contributed by atoms with Gasteiger partial charge in [-0.05, 0) is 54.9 Å². The van der Waals surface area contributed by atoms with E-state index in [0.717, 1.165) is 41.3 Å². The number of hydrogen-bond donors (Lipinski definition) is 0. The molecule has 11 heteroatoms. The monoisotopic (exact) mass is 548 g/mol. The summed E-state index contributed by atoms with van der Waals surface area (Å²) in [7, 11) is -3.48. The number of hydrogen-bond acceptors (Lipinski definition) is 4. The van der Waals surface area contributed by atoms with E-state index in [1.54, 1.807) is 36.4 Å². The van der Waals surface area contributed by atoms with Gasteiger partial charge in [-0.2, -0.15) is 18.3 Å². The van der Waals surface area contributed by atoms with E-state index in [0.29, 0.717) is 39.0 Å². The molecular formula is C27H31F3N4O3S. The Balaban J connectivity index is 1.39. The van der Waals surface area contributed by atoms with Crippen LogP contribution in [0.25, 0.3) is 5.52 Å². The van der Waals surface area contributed by atoms with E-state index in [1.165, 1.54) is 15.4 Å². The molecule has 2 aliphatic heterocycles. The van der Waals surface area contributed by atoms with Gasteiger partial charge in [-0.1, -0.05) is 43.2 Å². The summed E-state index contributed by atoms with van der Waals surface area (Å²) in [5, 5.41) is 3.75. The summed E-state index contributed by atoms with van der Waals surface area (Å²) >= 11 is 0. The van der Waals surface area contributed by atoms with Crippen LogP contribution in [0.15, 0.2) is 48.7 Å². The molecule has 3 aromatic rings. The maximum Gasteiger partial charge on any atom is 0.436 e. The first-order valence-electron chi connectivity index (χ1n) is 13.0. The number of benzene rings is 1. The van der Waals surface area contributed by atoms with E-state index >= 15 is 0 Å². The molecule has 2 fully saturated rings. The molecule has 0 bridgehead atoms. The molecule has 1 aromatic carbocycles. The molecule has 1 amide bonds. The molecule has 0 unspecified atom stereocenters. The molecule has 7 nitrogen and oxygen atoms in total. The van der Waals surface area contributed by atoms with Crippen LogP contribution in [0.4, 0.5) is 13.2 Å². The highest BCUT2D eigenvalue weighted by atomic mass is 32.2. The summed E-state index contributed by atoms with van der Waals surface area (Å²) in [6.45, 7) is 1.53. The Kier molecular flexibility index (Phi) is 7.50. The van der Waals surface area contributed by atoms with Crippen molar-refractivity contribution in [3.05, 3.63) is 71.0 Å². The third-order valence-corrected chi connectivity index (χ3v) is 9.40. The van der Waals surface area contributed by atoms with Gasteiger partial charge in [0.25, 0.3) is 5.91 Å². The number of aromatic nitrogens is 2. The van der Waals surface area contributed by atoms with E-state index in [9.17, 15) is 26.4 Å². The molecule has 4 heterocycles. The van der Waals surface area contributed by atoms with Crippen LogP contribution < -0.4 is 0 Å². The van der Waals surface area contributed by atoms with Gasteiger partial charge in [0, 0.05) is 32.4 Å². The first kappa shape index (κ1) is 26.7. The largest absolute Gasteiger partial charge is 0.436 e. The summed E-state index contributed by atoms with van der Waals surface area (Å²) < 4.78 is 70.3. The number of sulfonamides is 1. The van der Waals surface area contributed by atoms with E-state index in [-0.39, 0.29) is 17.2 Å². The summed E-state index contributed by atoms with van der Waals surface area (Å²) in [6, 6.07) is 12.4. The molecule has 38 heavy (non-hydrogen) atoms. The first-order chi connectivity index (χ1) is 18.1. The van der Waals surface area contributed by atoms with Crippen LogP contribution in [0.1, 0.15) is 71.6 Å². The van der Waals surface area contributed by atoms with Crippen molar-refractivity contribution in [1.82, 2.24) is 18.8 Å². The van der Waals surface area contributed by atoms with Crippen molar-refractivity contribution in [3.63, 3.8) is 0 Å². The fourth-order valence-electron chi connectivity index (χ4n) is 5.50. The lowest BCUT2D eigenvalue weighted by Crippen LogP contribution is -2.38. The van der Waals surface area contributed by atoms with Crippen LogP contribution in [0, 0.1) is 0 Å². The average molecular weight is 549 g/mol. The van der Waals surface area contributed by atoms with Crippen molar-refractivity contribution >= 4 is 21.4 Å². The number of carbonyl (C=O) groups excluding carboxylic acids is 1. The highest BCUT2D eigenvalue weighted by Crippen LogP contribution is 2.36. The number of piperidine rings is 1. The summed E-state index contributed by atoms with van der Waals surface area (Å²) in [6.07, 6.45) is 1.23. The molecule has 0 radical (unpaired) electrons. The second kappa shape index (κ2) is 10.7. The van der Waals surface area contributed by atoms with Crippen LogP contribution in [0.3, 0.4) is 0 Å². The van der Waals surface area contributed by atoms with Crippen molar-refractivity contribution in [1.29, 1.82) is 0 Å². The third kappa shape index (κ3) is 5.58. The van der Waals surface area contributed by atoms with Crippen molar-refractivity contribution in [2.45, 2.75) is 56.4 Å². The topological polar surface area (TPSA) is 75.0 Å². The minimum atomic E-state index is -4.76. The van der Waals surface area contributed by atoms with Crippen LogP contribution in [0.2, 0.25) is 0 Å². The Morgan fingerprint density at radius 2 is 1.61 bits per heavy atom. The second-order valence-corrected chi connectivity index (χ2v) is 12.1. The first-order valence-corrected chi connectivity index (χ1v) is 14.6. The van der Waals surface area contributed by atoms with Crippen LogP contribution >= 0.6 is 0 Å².